The van der Waals surface area contributed by atoms with Crippen LogP contribution in [0, 0.1) is 17.8 Å². The van der Waals surface area contributed by atoms with Gasteiger partial charge < -0.3 is 9.47 Å². The molecule has 0 aromatic carbocycles. The minimum absolute atomic E-state index is 0.0271. The molecule has 1 heterocycles. The van der Waals surface area contributed by atoms with Crippen molar-refractivity contribution in [1.82, 2.24) is 0 Å². The molecule has 1 aliphatic heterocycles. The number of carbonyl (C=O) groups excluding carboxylic acids is 1. The zero-order chi connectivity index (χ0) is 19.6. The molecule has 1 saturated heterocycles. The molecule has 27 heavy (non-hydrogen) atoms. The molecule has 2 aliphatic rings. The highest BCUT2D eigenvalue weighted by atomic mass is 16.7. The fourth-order valence-electron chi connectivity index (χ4n) is 3.51. The van der Waals surface area contributed by atoms with Gasteiger partial charge in [-0.25, -0.2) is 0 Å². The van der Waals surface area contributed by atoms with Crippen LogP contribution in [-0.4, -0.2) is 24.8 Å². The van der Waals surface area contributed by atoms with E-state index < -0.39 is 0 Å². The van der Waals surface area contributed by atoms with E-state index in [0.717, 1.165) is 57.1 Å². The molecule has 3 atom stereocenters. The van der Waals surface area contributed by atoms with Crippen LogP contribution in [0.4, 0.5) is 0 Å². The van der Waals surface area contributed by atoms with E-state index in [4.69, 9.17) is 9.47 Å². The quantitative estimate of drug-likeness (QED) is 0.373. The van der Waals surface area contributed by atoms with Gasteiger partial charge in [-0.2, -0.15) is 0 Å². The van der Waals surface area contributed by atoms with E-state index in [-0.39, 0.29) is 24.1 Å². The van der Waals surface area contributed by atoms with Gasteiger partial charge in [0.1, 0.15) is 0 Å². The maximum Gasteiger partial charge on any atom is 0.212 e. The minimum atomic E-state index is -0.179. The normalized spacial score (nSPS) is 32.1. The van der Waals surface area contributed by atoms with Crippen molar-refractivity contribution in [1.29, 1.82) is 0 Å². The lowest BCUT2D eigenvalue weighted by molar-refractivity contribution is -0.177. The minimum Gasteiger partial charge on any atom is -0.353 e. The third-order valence-electron chi connectivity index (χ3n) is 5.22. The first-order valence-corrected chi connectivity index (χ1v) is 10.2. The Kier molecular flexibility index (Phi) is 9.04. The van der Waals surface area contributed by atoms with Gasteiger partial charge >= 0.3 is 0 Å². The maximum atomic E-state index is 12.6. The zero-order valence-electron chi connectivity index (χ0n) is 17.2. The SMILES string of the molecule is C=C(C)C1CC/C(C)=C/CC/C(C)=C/[C@H](OC2CCCCO2)CC#CC1=O. The van der Waals surface area contributed by atoms with Crippen LogP contribution in [0.2, 0.25) is 0 Å². The molecule has 2 unspecified atom stereocenters. The standard InChI is InChI=1S/C24H34O3/c1-18(2)22-15-14-19(3)9-7-10-20(4)17-21(11-8-12-23(22)25)27-24-13-5-6-16-26-24/h9,17,21-22,24H,1,5-7,10-11,13-16H2,2-4H3/b19-9+,20-17+/t21-,22?,24?/m1/s1. The van der Waals surface area contributed by atoms with Gasteiger partial charge in [0, 0.05) is 13.0 Å². The van der Waals surface area contributed by atoms with E-state index in [0.29, 0.717) is 6.42 Å². The molecule has 0 radical (unpaired) electrons. The molecule has 0 aromatic heterocycles. The smallest absolute Gasteiger partial charge is 0.212 e. The third-order valence-corrected chi connectivity index (χ3v) is 5.22. The van der Waals surface area contributed by atoms with Crippen molar-refractivity contribution in [2.24, 2.45) is 5.92 Å². The Labute approximate surface area is 164 Å². The van der Waals surface area contributed by atoms with Crippen molar-refractivity contribution < 1.29 is 14.3 Å². The number of carbonyl (C=O) groups is 1. The fraction of sp³-hybridized carbons (Fsp3) is 0.625. The van der Waals surface area contributed by atoms with E-state index in [1.165, 1.54) is 11.1 Å². The van der Waals surface area contributed by atoms with Crippen LogP contribution in [0.25, 0.3) is 0 Å². The number of hydrogen-bond acceptors (Lipinski definition) is 3. The highest BCUT2D eigenvalue weighted by molar-refractivity contribution is 5.98. The topological polar surface area (TPSA) is 35.5 Å². The van der Waals surface area contributed by atoms with E-state index in [9.17, 15) is 4.79 Å². The first-order valence-electron chi connectivity index (χ1n) is 10.2. The molecule has 0 bridgehead atoms. The molecule has 0 N–H and O–H groups in total. The Hall–Kier alpha value is -1.63. The van der Waals surface area contributed by atoms with Crippen molar-refractivity contribution in [3.8, 4) is 11.8 Å². The Morgan fingerprint density at radius 2 is 2.04 bits per heavy atom. The van der Waals surface area contributed by atoms with Crippen LogP contribution in [0.5, 0.6) is 0 Å². The summed E-state index contributed by atoms with van der Waals surface area (Å²) in [4.78, 5) is 12.6. The third kappa shape index (κ3) is 7.87. The molecular weight excluding hydrogens is 336 g/mol. The highest BCUT2D eigenvalue weighted by Crippen LogP contribution is 2.22. The Bertz CT molecular complexity index is 638. The molecular formula is C24H34O3. The van der Waals surface area contributed by atoms with Gasteiger partial charge in [-0.15, -0.1) is 0 Å². The first-order chi connectivity index (χ1) is 13.0. The van der Waals surface area contributed by atoms with E-state index >= 15 is 0 Å². The molecule has 3 heteroatoms. The predicted molar refractivity (Wildman–Crippen MR) is 110 cm³/mol. The lowest BCUT2D eigenvalue weighted by Crippen LogP contribution is -2.27. The summed E-state index contributed by atoms with van der Waals surface area (Å²) < 4.78 is 11.9. The van der Waals surface area contributed by atoms with Gasteiger partial charge in [-0.3, -0.25) is 4.79 Å². The number of allylic oxidation sites excluding steroid dienone is 4. The van der Waals surface area contributed by atoms with Crippen LogP contribution >= 0.6 is 0 Å². The summed E-state index contributed by atoms with van der Waals surface area (Å²) in [6, 6.07) is 0. The van der Waals surface area contributed by atoms with Crippen molar-refractivity contribution in [2.45, 2.75) is 84.5 Å². The number of Topliss-reactive ketones (excluding diaryl/α,β-unsaturated/α-hetero) is 1. The van der Waals surface area contributed by atoms with E-state index in [1.54, 1.807) is 0 Å². The Morgan fingerprint density at radius 3 is 2.74 bits per heavy atom. The molecule has 1 fully saturated rings. The largest absolute Gasteiger partial charge is 0.353 e. The summed E-state index contributed by atoms with van der Waals surface area (Å²) in [5.74, 6) is 5.70. The monoisotopic (exact) mass is 370 g/mol. The number of ketones is 1. The van der Waals surface area contributed by atoms with Crippen molar-refractivity contribution in [3.05, 3.63) is 35.5 Å². The molecule has 148 valence electrons. The van der Waals surface area contributed by atoms with Gasteiger partial charge in [0.15, 0.2) is 6.29 Å². The molecule has 0 saturated carbocycles. The molecule has 0 aromatic rings. The second kappa shape index (κ2) is 11.3. The average Bonchev–Trinajstić information content (AvgIpc) is 2.61. The Morgan fingerprint density at radius 1 is 1.22 bits per heavy atom. The van der Waals surface area contributed by atoms with Crippen LogP contribution in [0.3, 0.4) is 0 Å². The molecule has 0 spiro atoms. The first kappa shape index (κ1) is 21.7. The second-order valence-corrected chi connectivity index (χ2v) is 7.88. The van der Waals surface area contributed by atoms with Crippen LogP contribution in [-0.2, 0) is 14.3 Å². The lowest BCUT2D eigenvalue weighted by Gasteiger charge is -2.26. The lowest BCUT2D eigenvalue weighted by atomic mass is 9.90. The van der Waals surface area contributed by atoms with Gasteiger partial charge in [0.05, 0.1) is 12.0 Å². The molecule has 0 amide bonds. The average molecular weight is 371 g/mol. The zero-order valence-corrected chi connectivity index (χ0v) is 17.2. The van der Waals surface area contributed by atoms with Gasteiger partial charge in [-0.1, -0.05) is 41.4 Å². The van der Waals surface area contributed by atoms with Crippen LogP contribution in [0.1, 0.15) is 72.1 Å². The Balaban J connectivity index is 2.16. The summed E-state index contributed by atoms with van der Waals surface area (Å²) >= 11 is 0. The fourth-order valence-corrected chi connectivity index (χ4v) is 3.51. The molecule has 1 aliphatic carbocycles. The summed E-state index contributed by atoms with van der Waals surface area (Å²) in [5, 5.41) is 0. The van der Waals surface area contributed by atoms with Gasteiger partial charge in [0.25, 0.3) is 0 Å². The van der Waals surface area contributed by atoms with Crippen LogP contribution < -0.4 is 0 Å². The van der Waals surface area contributed by atoms with E-state index in [1.807, 2.05) is 6.92 Å². The number of hydrogen-bond donors (Lipinski definition) is 0. The summed E-state index contributed by atoms with van der Waals surface area (Å²) in [6.45, 7) is 11.0. The van der Waals surface area contributed by atoms with Gasteiger partial charge in [0.2, 0.25) is 5.78 Å². The molecule has 3 nitrogen and oxygen atoms in total. The maximum absolute atomic E-state index is 12.6. The summed E-state index contributed by atoms with van der Waals surface area (Å²) in [7, 11) is 0. The van der Waals surface area contributed by atoms with E-state index in [2.05, 4.69) is 44.4 Å². The number of ether oxygens (including phenoxy) is 2. The van der Waals surface area contributed by atoms with Gasteiger partial charge in [-0.05, 0) is 71.6 Å². The summed E-state index contributed by atoms with van der Waals surface area (Å²) in [5.41, 5.74) is 3.52. The molecule has 2 rings (SSSR count). The highest BCUT2D eigenvalue weighted by Gasteiger charge is 2.20. The number of rotatable bonds is 3. The summed E-state index contributed by atoms with van der Waals surface area (Å²) in [6.07, 6.45) is 11.5. The van der Waals surface area contributed by atoms with Crippen molar-refractivity contribution >= 4 is 5.78 Å². The van der Waals surface area contributed by atoms with Crippen LogP contribution in [0.15, 0.2) is 35.5 Å². The predicted octanol–water partition coefficient (Wildman–Crippen LogP) is 5.52. The second-order valence-electron chi connectivity index (χ2n) is 7.88. The van der Waals surface area contributed by atoms with Crippen molar-refractivity contribution in [3.63, 3.8) is 0 Å². The van der Waals surface area contributed by atoms with Crippen molar-refractivity contribution in [2.75, 3.05) is 6.61 Å².